The van der Waals surface area contributed by atoms with Crippen LogP contribution in [0.1, 0.15) is 29.4 Å². The molecule has 0 fully saturated rings. The highest BCUT2D eigenvalue weighted by molar-refractivity contribution is 7.11. The van der Waals surface area contributed by atoms with E-state index in [0.717, 1.165) is 17.1 Å². The Morgan fingerprint density at radius 3 is 2.36 bits per heavy atom. The Balaban J connectivity index is 2.67. The molecule has 3 heteroatoms. The molecule has 0 saturated heterocycles. The first-order chi connectivity index (χ1) is 6.54. The Morgan fingerprint density at radius 1 is 1.36 bits per heavy atom. The van der Waals surface area contributed by atoms with Crippen molar-refractivity contribution >= 4 is 11.3 Å². The van der Waals surface area contributed by atoms with Crippen molar-refractivity contribution in [2.45, 2.75) is 34.1 Å². The topological polar surface area (TPSA) is 33.1 Å². The number of aliphatic hydroxyl groups excluding tert-OH is 1. The van der Waals surface area contributed by atoms with Crippen LogP contribution in [0.25, 0.3) is 0 Å². The highest BCUT2D eigenvalue weighted by Gasteiger charge is 2.15. The van der Waals surface area contributed by atoms with Gasteiger partial charge in [-0.05, 0) is 25.7 Å². The van der Waals surface area contributed by atoms with Crippen LogP contribution in [0.15, 0.2) is 0 Å². The molecule has 1 N–H and O–H groups in total. The monoisotopic (exact) mass is 213 g/mol. The number of rotatable bonds is 4. The summed E-state index contributed by atoms with van der Waals surface area (Å²) < 4.78 is 0. The van der Waals surface area contributed by atoms with Crippen LogP contribution in [0.3, 0.4) is 0 Å². The normalized spacial score (nSPS) is 13.6. The van der Waals surface area contributed by atoms with Crippen molar-refractivity contribution in [3.8, 4) is 0 Å². The van der Waals surface area contributed by atoms with Crippen molar-refractivity contribution in [1.82, 2.24) is 4.98 Å². The summed E-state index contributed by atoms with van der Waals surface area (Å²) in [5.41, 5.74) is 1.13. The number of aliphatic hydroxyl groups is 1. The van der Waals surface area contributed by atoms with E-state index in [4.69, 9.17) is 0 Å². The molecule has 0 aliphatic carbocycles. The number of aryl methyl sites for hydroxylation is 2. The second kappa shape index (κ2) is 4.89. The van der Waals surface area contributed by atoms with Gasteiger partial charge in [-0.15, -0.1) is 11.3 Å². The summed E-state index contributed by atoms with van der Waals surface area (Å²) in [5, 5.41) is 10.4. The number of nitrogens with zero attached hydrogens (tertiary/aromatic N) is 1. The molecule has 0 spiro atoms. The maximum absolute atomic E-state index is 9.21. The van der Waals surface area contributed by atoms with Gasteiger partial charge in [-0.1, -0.05) is 13.8 Å². The average Bonchev–Trinajstić information content (AvgIpc) is 2.41. The predicted octanol–water partition coefficient (Wildman–Crippen LogP) is 2.57. The summed E-state index contributed by atoms with van der Waals surface area (Å²) in [4.78, 5) is 5.78. The molecule has 1 rings (SSSR count). The van der Waals surface area contributed by atoms with Crippen LogP contribution >= 0.6 is 11.3 Å². The van der Waals surface area contributed by atoms with Crippen LogP contribution in [0.4, 0.5) is 0 Å². The zero-order valence-electron chi connectivity index (χ0n) is 9.37. The van der Waals surface area contributed by atoms with Crippen molar-refractivity contribution in [1.29, 1.82) is 0 Å². The standard InChI is InChI=1S/C11H19NOS/c1-7(2)10(6-13)5-11-12-8(3)9(4)14-11/h7,10,13H,5-6H2,1-4H3. The SMILES string of the molecule is Cc1nc(CC(CO)C(C)C)sc1C. The van der Waals surface area contributed by atoms with Crippen molar-refractivity contribution < 1.29 is 5.11 Å². The lowest BCUT2D eigenvalue weighted by molar-refractivity contribution is 0.189. The summed E-state index contributed by atoms with van der Waals surface area (Å²) in [5.74, 6) is 0.865. The maximum Gasteiger partial charge on any atom is 0.0934 e. The molecule has 0 saturated carbocycles. The van der Waals surface area contributed by atoms with Crippen molar-refractivity contribution in [2.75, 3.05) is 6.61 Å². The molecule has 2 nitrogen and oxygen atoms in total. The molecule has 1 aromatic heterocycles. The van der Waals surface area contributed by atoms with E-state index >= 15 is 0 Å². The van der Waals surface area contributed by atoms with E-state index in [0.29, 0.717) is 11.8 Å². The van der Waals surface area contributed by atoms with Gasteiger partial charge in [-0.25, -0.2) is 4.98 Å². The highest BCUT2D eigenvalue weighted by atomic mass is 32.1. The minimum atomic E-state index is 0.259. The molecule has 1 aromatic rings. The minimum Gasteiger partial charge on any atom is -0.396 e. The largest absolute Gasteiger partial charge is 0.396 e. The summed E-state index contributed by atoms with van der Waals surface area (Å²) in [6.07, 6.45) is 0.910. The van der Waals surface area contributed by atoms with Crippen LogP contribution in [0.5, 0.6) is 0 Å². The molecule has 80 valence electrons. The molecule has 0 aliphatic rings. The lowest BCUT2D eigenvalue weighted by Gasteiger charge is -2.16. The van der Waals surface area contributed by atoms with Gasteiger partial charge in [0.15, 0.2) is 0 Å². The molecule has 1 heterocycles. The zero-order chi connectivity index (χ0) is 10.7. The van der Waals surface area contributed by atoms with Gasteiger partial charge in [0.1, 0.15) is 0 Å². The fourth-order valence-corrected chi connectivity index (χ4v) is 2.39. The lowest BCUT2D eigenvalue weighted by atomic mass is 9.94. The van der Waals surface area contributed by atoms with E-state index in [1.54, 1.807) is 11.3 Å². The number of hydrogen-bond acceptors (Lipinski definition) is 3. The Hall–Kier alpha value is -0.410. The average molecular weight is 213 g/mol. The van der Waals surface area contributed by atoms with E-state index < -0.39 is 0 Å². The third kappa shape index (κ3) is 2.79. The third-order valence-electron chi connectivity index (χ3n) is 2.69. The van der Waals surface area contributed by atoms with Gasteiger partial charge in [0.25, 0.3) is 0 Å². The second-order valence-electron chi connectivity index (χ2n) is 4.14. The zero-order valence-corrected chi connectivity index (χ0v) is 10.2. The predicted molar refractivity (Wildman–Crippen MR) is 60.7 cm³/mol. The minimum absolute atomic E-state index is 0.259. The third-order valence-corrected chi connectivity index (χ3v) is 3.78. The highest BCUT2D eigenvalue weighted by Crippen LogP contribution is 2.22. The maximum atomic E-state index is 9.21. The first-order valence-corrected chi connectivity index (χ1v) is 5.90. The molecule has 14 heavy (non-hydrogen) atoms. The molecule has 0 amide bonds. The lowest BCUT2D eigenvalue weighted by Crippen LogP contribution is -2.16. The Labute approximate surface area is 90.0 Å². The van der Waals surface area contributed by atoms with E-state index in [1.165, 1.54) is 4.88 Å². The van der Waals surface area contributed by atoms with Gasteiger partial charge in [-0.2, -0.15) is 0 Å². The van der Waals surface area contributed by atoms with Gasteiger partial charge < -0.3 is 5.11 Å². The van der Waals surface area contributed by atoms with Crippen molar-refractivity contribution in [3.63, 3.8) is 0 Å². The van der Waals surface area contributed by atoms with Gasteiger partial charge in [0.05, 0.1) is 10.7 Å². The van der Waals surface area contributed by atoms with Gasteiger partial charge in [0.2, 0.25) is 0 Å². The van der Waals surface area contributed by atoms with E-state index in [1.807, 2.05) is 6.92 Å². The molecule has 1 atom stereocenters. The Morgan fingerprint density at radius 2 is 2.00 bits per heavy atom. The Bertz CT molecular complexity index is 274. The molecule has 1 unspecified atom stereocenters. The van der Waals surface area contributed by atoms with E-state index in [-0.39, 0.29) is 6.61 Å². The van der Waals surface area contributed by atoms with E-state index in [9.17, 15) is 5.11 Å². The number of aromatic nitrogens is 1. The molecular formula is C11H19NOS. The smallest absolute Gasteiger partial charge is 0.0934 e. The van der Waals surface area contributed by atoms with Crippen molar-refractivity contribution in [2.24, 2.45) is 11.8 Å². The molecule has 0 radical (unpaired) electrons. The van der Waals surface area contributed by atoms with Crippen molar-refractivity contribution in [3.05, 3.63) is 15.6 Å². The van der Waals surface area contributed by atoms with Gasteiger partial charge >= 0.3 is 0 Å². The van der Waals surface area contributed by atoms with E-state index in [2.05, 4.69) is 25.8 Å². The van der Waals surface area contributed by atoms with Gasteiger partial charge in [0, 0.05) is 17.9 Å². The van der Waals surface area contributed by atoms with Gasteiger partial charge in [-0.3, -0.25) is 0 Å². The van der Waals surface area contributed by atoms with Crippen LogP contribution in [0, 0.1) is 25.7 Å². The van der Waals surface area contributed by atoms with Crippen LogP contribution < -0.4 is 0 Å². The summed E-state index contributed by atoms with van der Waals surface area (Å²) in [7, 11) is 0. The Kier molecular flexibility index (Phi) is 4.08. The van der Waals surface area contributed by atoms with Crippen LogP contribution in [-0.2, 0) is 6.42 Å². The summed E-state index contributed by atoms with van der Waals surface area (Å²) in [6.45, 7) is 8.69. The molecule has 0 aliphatic heterocycles. The van der Waals surface area contributed by atoms with Crippen LogP contribution in [-0.4, -0.2) is 16.7 Å². The second-order valence-corrected chi connectivity index (χ2v) is 5.43. The fraction of sp³-hybridized carbons (Fsp3) is 0.727. The first-order valence-electron chi connectivity index (χ1n) is 5.08. The fourth-order valence-electron chi connectivity index (χ4n) is 1.36. The first kappa shape index (κ1) is 11.7. The molecule has 0 bridgehead atoms. The number of thiazole rings is 1. The molecule has 0 aromatic carbocycles. The summed E-state index contributed by atoms with van der Waals surface area (Å²) in [6, 6.07) is 0. The quantitative estimate of drug-likeness (QED) is 0.834. The molecular weight excluding hydrogens is 194 g/mol. The summed E-state index contributed by atoms with van der Waals surface area (Å²) >= 11 is 1.75. The number of hydrogen-bond donors (Lipinski definition) is 1. The van der Waals surface area contributed by atoms with Crippen LogP contribution in [0.2, 0.25) is 0 Å².